The minimum absolute atomic E-state index is 0.175. The molecule has 0 radical (unpaired) electrons. The summed E-state index contributed by atoms with van der Waals surface area (Å²) in [7, 11) is 0. The van der Waals surface area contributed by atoms with Crippen LogP contribution in [0.25, 0.3) is 0 Å². The van der Waals surface area contributed by atoms with Crippen molar-refractivity contribution in [1.82, 2.24) is 10.6 Å². The molecule has 182 valence electrons. The molecule has 0 unspecified atom stereocenters. The Morgan fingerprint density at radius 3 is 2.38 bits per heavy atom. The van der Waals surface area contributed by atoms with Gasteiger partial charge in [0.2, 0.25) is 0 Å². The van der Waals surface area contributed by atoms with Gasteiger partial charge in [-0.2, -0.15) is 0 Å². The highest BCUT2D eigenvalue weighted by molar-refractivity contribution is 6.04. The molecule has 0 aromatic heterocycles. The van der Waals surface area contributed by atoms with Crippen LogP contribution >= 0.6 is 0 Å². The highest BCUT2D eigenvalue weighted by atomic mass is 19.3. The summed E-state index contributed by atoms with van der Waals surface area (Å²) < 4.78 is 27.0. The van der Waals surface area contributed by atoms with Crippen LogP contribution in [0.3, 0.4) is 0 Å². The number of nitrogens with one attached hydrogen (secondary N) is 3. The van der Waals surface area contributed by atoms with Gasteiger partial charge in [0.05, 0.1) is 0 Å². The Morgan fingerprint density at radius 1 is 1.12 bits per heavy atom. The lowest BCUT2D eigenvalue weighted by atomic mass is 9.87. The largest absolute Gasteiger partial charge is 0.388 e. The van der Waals surface area contributed by atoms with Gasteiger partial charge in [0, 0.05) is 42.1 Å². The average Bonchev–Trinajstić information content (AvgIpc) is 2.77. The molecule has 1 fully saturated rings. The normalized spacial score (nSPS) is 20.7. The number of aliphatic imine (C=N–C) groups is 1. The van der Waals surface area contributed by atoms with E-state index < -0.39 is 12.1 Å². The summed E-state index contributed by atoms with van der Waals surface area (Å²) in [4.78, 5) is 4.73. The molecule has 0 atom stereocenters. The first-order valence-electron chi connectivity index (χ1n) is 12.3. The highest BCUT2D eigenvalue weighted by Crippen LogP contribution is 2.25. The molecule has 1 aliphatic rings. The lowest BCUT2D eigenvalue weighted by molar-refractivity contribution is 0.225. The second-order valence-electron chi connectivity index (χ2n) is 8.89. The van der Waals surface area contributed by atoms with Gasteiger partial charge in [-0.3, -0.25) is 5.41 Å². The van der Waals surface area contributed by atoms with E-state index in [9.17, 15) is 8.78 Å². The Morgan fingerprint density at radius 2 is 1.81 bits per heavy atom. The van der Waals surface area contributed by atoms with Crippen molar-refractivity contribution < 1.29 is 8.78 Å². The van der Waals surface area contributed by atoms with Crippen LogP contribution in [0, 0.1) is 11.3 Å². The molecule has 0 saturated heterocycles. The van der Waals surface area contributed by atoms with E-state index >= 15 is 0 Å². The molecule has 0 amide bonds. The van der Waals surface area contributed by atoms with Crippen LogP contribution in [0.4, 0.5) is 8.78 Å². The molecule has 0 aliphatic heterocycles. The zero-order valence-corrected chi connectivity index (χ0v) is 20.6. The van der Waals surface area contributed by atoms with E-state index in [0.717, 1.165) is 57.3 Å². The number of rotatable bonds is 14. The van der Waals surface area contributed by atoms with Gasteiger partial charge >= 0.3 is 0 Å². The summed E-state index contributed by atoms with van der Waals surface area (Å²) in [5.74, 6) is 1.57. The van der Waals surface area contributed by atoms with Gasteiger partial charge in [-0.05, 0) is 51.4 Å². The quantitative estimate of drug-likeness (QED) is 0.114. The molecule has 6 heteroatoms. The third kappa shape index (κ3) is 10.1. The van der Waals surface area contributed by atoms with Crippen LogP contribution in [-0.4, -0.2) is 30.6 Å². The fourth-order valence-corrected chi connectivity index (χ4v) is 3.97. The molecule has 0 bridgehead atoms. The zero-order valence-electron chi connectivity index (χ0n) is 20.6. The number of unbranched alkanes of at least 4 members (excludes halogenated alkanes) is 3. The Bertz CT molecular complexity index is 671. The Kier molecular flexibility index (Phi) is 13.8. The van der Waals surface area contributed by atoms with Crippen LogP contribution in [0.15, 0.2) is 40.7 Å². The molecule has 1 aliphatic carbocycles. The first-order chi connectivity index (χ1) is 15.3. The standard InChI is InChI=1S/C26H44F2N4/c1-6-9-10-11-17-30-24(12-7-2)32-20(5)22(8-3)23(25(29)26(27)28)18-31-21-15-13-19(4)14-16-21/h8,18-19,21,26,29,31H,3,6-7,9-17H2,1-2,4-5H3,(H,30,32)/b22-20-,23-18-,29-25?. The van der Waals surface area contributed by atoms with E-state index in [4.69, 9.17) is 10.4 Å². The van der Waals surface area contributed by atoms with Crippen molar-refractivity contribution >= 4 is 11.5 Å². The predicted molar refractivity (Wildman–Crippen MR) is 134 cm³/mol. The summed E-state index contributed by atoms with van der Waals surface area (Å²) in [6.07, 6.45) is 11.0. The molecule has 0 aromatic rings. The van der Waals surface area contributed by atoms with Gasteiger partial charge in [0.15, 0.2) is 0 Å². The van der Waals surface area contributed by atoms with Crippen molar-refractivity contribution in [3.05, 3.63) is 35.7 Å². The number of halogens is 2. The van der Waals surface area contributed by atoms with Gasteiger partial charge < -0.3 is 10.6 Å². The molecule has 1 rings (SSSR count). The summed E-state index contributed by atoms with van der Waals surface area (Å²) in [5.41, 5.74) is 0.554. The fourth-order valence-electron chi connectivity index (χ4n) is 3.97. The number of nitrogens with zero attached hydrogens (tertiary/aromatic N) is 1. The van der Waals surface area contributed by atoms with Crippen molar-refractivity contribution in [3.63, 3.8) is 0 Å². The van der Waals surface area contributed by atoms with Crippen molar-refractivity contribution in [2.45, 2.75) is 104 Å². The zero-order chi connectivity index (χ0) is 23.9. The van der Waals surface area contributed by atoms with E-state index in [1.54, 1.807) is 13.1 Å². The van der Waals surface area contributed by atoms with E-state index in [2.05, 4.69) is 38.0 Å². The third-order valence-electron chi connectivity index (χ3n) is 6.02. The maximum atomic E-state index is 13.5. The molecule has 32 heavy (non-hydrogen) atoms. The molecule has 0 aromatic carbocycles. The monoisotopic (exact) mass is 450 g/mol. The van der Waals surface area contributed by atoms with Crippen LogP contribution in [0.2, 0.25) is 0 Å². The SMILES string of the molecule is C=CC(/C(=C/NC1CCC(C)CC1)C(=N)C(F)F)=C(C)/N=C(\CCC)NCCCCCC. The topological polar surface area (TPSA) is 60.3 Å². The molecule has 1 saturated carbocycles. The lowest BCUT2D eigenvalue weighted by Crippen LogP contribution is -2.30. The van der Waals surface area contributed by atoms with Crippen molar-refractivity contribution in [2.24, 2.45) is 10.9 Å². The fraction of sp³-hybridized carbons (Fsp3) is 0.692. The Labute approximate surface area is 194 Å². The van der Waals surface area contributed by atoms with Gasteiger partial charge in [0.1, 0.15) is 11.5 Å². The van der Waals surface area contributed by atoms with Gasteiger partial charge in [-0.1, -0.05) is 52.7 Å². The number of hydrogen-bond donors (Lipinski definition) is 3. The second-order valence-corrected chi connectivity index (χ2v) is 8.89. The van der Waals surface area contributed by atoms with Gasteiger partial charge in [-0.15, -0.1) is 0 Å². The average molecular weight is 451 g/mol. The van der Waals surface area contributed by atoms with E-state index in [0.29, 0.717) is 17.2 Å². The highest BCUT2D eigenvalue weighted by Gasteiger charge is 2.22. The van der Waals surface area contributed by atoms with Gasteiger partial charge in [-0.25, -0.2) is 13.8 Å². The number of allylic oxidation sites excluding steroid dienone is 4. The van der Waals surface area contributed by atoms with Gasteiger partial charge in [0.25, 0.3) is 6.43 Å². The summed E-state index contributed by atoms with van der Waals surface area (Å²) >= 11 is 0. The molecular weight excluding hydrogens is 406 g/mol. The Hall–Kier alpha value is -1.98. The second kappa shape index (κ2) is 15.8. The first-order valence-corrected chi connectivity index (χ1v) is 12.3. The summed E-state index contributed by atoms with van der Waals surface area (Å²) in [5, 5.41) is 14.7. The van der Waals surface area contributed by atoms with Crippen LogP contribution < -0.4 is 10.6 Å². The molecule has 0 spiro atoms. The van der Waals surface area contributed by atoms with E-state index in [1.165, 1.54) is 25.3 Å². The molecule has 4 nitrogen and oxygen atoms in total. The van der Waals surface area contributed by atoms with Crippen molar-refractivity contribution in [1.29, 1.82) is 5.41 Å². The predicted octanol–water partition coefficient (Wildman–Crippen LogP) is 7.15. The van der Waals surface area contributed by atoms with E-state index in [1.807, 2.05) is 0 Å². The van der Waals surface area contributed by atoms with E-state index in [-0.39, 0.29) is 11.6 Å². The Balaban J connectivity index is 3.10. The van der Waals surface area contributed by atoms with Crippen molar-refractivity contribution in [2.75, 3.05) is 6.54 Å². The first kappa shape index (κ1) is 28.1. The van der Waals surface area contributed by atoms with Crippen molar-refractivity contribution in [3.8, 4) is 0 Å². The van der Waals surface area contributed by atoms with Crippen LogP contribution in [0.1, 0.15) is 91.9 Å². The lowest BCUT2D eigenvalue weighted by Gasteiger charge is -2.27. The van der Waals surface area contributed by atoms with Crippen LogP contribution in [0.5, 0.6) is 0 Å². The minimum atomic E-state index is -2.85. The summed E-state index contributed by atoms with van der Waals surface area (Å²) in [6.45, 7) is 13.0. The third-order valence-corrected chi connectivity index (χ3v) is 6.02. The maximum Gasteiger partial charge on any atom is 0.280 e. The van der Waals surface area contributed by atoms with Crippen LogP contribution in [-0.2, 0) is 0 Å². The maximum absolute atomic E-state index is 13.5. The molecule has 0 heterocycles. The smallest absolute Gasteiger partial charge is 0.280 e. The molecular formula is C26H44F2N4. The summed E-state index contributed by atoms with van der Waals surface area (Å²) in [6, 6.07) is 0.252. The number of amidine groups is 1. The number of alkyl halides is 2. The number of hydrogen-bond acceptors (Lipinski definition) is 3. The molecule has 3 N–H and O–H groups in total. The minimum Gasteiger partial charge on any atom is -0.388 e.